The van der Waals surface area contributed by atoms with Gasteiger partial charge in [0.05, 0.1) is 6.54 Å². The largest absolute Gasteiger partial charge is 0.343 e. The Kier molecular flexibility index (Phi) is 4.17. The number of amides is 2. The molecule has 1 rings (SSSR count). The highest BCUT2D eigenvalue weighted by Crippen LogP contribution is 2.07. The van der Waals surface area contributed by atoms with E-state index in [2.05, 4.69) is 17.2 Å². The minimum atomic E-state index is -0.352. The molecule has 4 heteroatoms. The molecule has 0 bridgehead atoms. The molecule has 1 N–H and O–H groups in total. The van der Waals surface area contributed by atoms with Crippen molar-refractivity contribution in [3.8, 4) is 11.8 Å². The van der Waals surface area contributed by atoms with Crippen molar-refractivity contribution < 1.29 is 9.59 Å². The van der Waals surface area contributed by atoms with Gasteiger partial charge < -0.3 is 10.2 Å². The molecule has 1 unspecified atom stereocenters. The average molecular weight is 208 g/mol. The fourth-order valence-corrected chi connectivity index (χ4v) is 1.57. The van der Waals surface area contributed by atoms with Crippen molar-refractivity contribution >= 4 is 11.8 Å². The highest BCUT2D eigenvalue weighted by Gasteiger charge is 2.31. The minimum absolute atomic E-state index is 0.0146. The third-order valence-electron chi connectivity index (χ3n) is 2.30. The van der Waals surface area contributed by atoms with Crippen LogP contribution in [0.1, 0.15) is 26.7 Å². The van der Waals surface area contributed by atoms with Gasteiger partial charge >= 0.3 is 0 Å². The average Bonchev–Trinajstić information content (AvgIpc) is 2.21. The lowest BCUT2D eigenvalue weighted by Crippen LogP contribution is -2.57. The van der Waals surface area contributed by atoms with E-state index in [1.807, 2.05) is 6.92 Å². The van der Waals surface area contributed by atoms with E-state index < -0.39 is 0 Å². The number of hydrogen-bond acceptors (Lipinski definition) is 2. The Morgan fingerprint density at radius 2 is 2.27 bits per heavy atom. The summed E-state index contributed by atoms with van der Waals surface area (Å²) in [7, 11) is 0. The zero-order chi connectivity index (χ0) is 11.3. The van der Waals surface area contributed by atoms with Crippen LogP contribution in [-0.2, 0) is 9.59 Å². The van der Waals surface area contributed by atoms with E-state index in [0.29, 0.717) is 13.0 Å². The van der Waals surface area contributed by atoms with E-state index in [0.717, 1.165) is 6.42 Å². The van der Waals surface area contributed by atoms with Crippen LogP contribution in [0.3, 0.4) is 0 Å². The number of nitrogens with one attached hydrogen (secondary N) is 1. The Hall–Kier alpha value is -1.50. The van der Waals surface area contributed by atoms with Crippen LogP contribution >= 0.6 is 0 Å². The van der Waals surface area contributed by atoms with Gasteiger partial charge in [0.1, 0.15) is 12.6 Å². The Morgan fingerprint density at radius 3 is 2.87 bits per heavy atom. The summed E-state index contributed by atoms with van der Waals surface area (Å²) >= 11 is 0. The number of piperazine rings is 1. The highest BCUT2D eigenvalue weighted by molar-refractivity contribution is 5.94. The predicted molar refractivity (Wildman–Crippen MR) is 56.9 cm³/mol. The Bertz CT molecular complexity index is 314. The van der Waals surface area contributed by atoms with Crippen molar-refractivity contribution in [3.63, 3.8) is 0 Å². The number of nitrogens with zero attached hydrogens (tertiary/aromatic N) is 1. The Labute approximate surface area is 90.0 Å². The summed E-state index contributed by atoms with van der Waals surface area (Å²) in [6.07, 6.45) is 1.57. The first kappa shape index (κ1) is 11.6. The van der Waals surface area contributed by atoms with Crippen molar-refractivity contribution in [1.82, 2.24) is 10.2 Å². The lowest BCUT2D eigenvalue weighted by atomic mass is 10.1. The van der Waals surface area contributed by atoms with E-state index in [4.69, 9.17) is 0 Å². The molecule has 0 radical (unpaired) electrons. The first-order valence-corrected chi connectivity index (χ1v) is 5.16. The first-order chi connectivity index (χ1) is 7.19. The molecular weight excluding hydrogens is 192 g/mol. The Balaban J connectivity index is 2.65. The summed E-state index contributed by atoms with van der Waals surface area (Å²) in [5, 5.41) is 2.70. The van der Waals surface area contributed by atoms with Crippen molar-refractivity contribution in [1.29, 1.82) is 0 Å². The summed E-state index contributed by atoms with van der Waals surface area (Å²) in [6, 6.07) is -0.352. The summed E-state index contributed by atoms with van der Waals surface area (Å²) in [4.78, 5) is 24.6. The first-order valence-electron chi connectivity index (χ1n) is 5.16. The third-order valence-corrected chi connectivity index (χ3v) is 2.30. The van der Waals surface area contributed by atoms with Gasteiger partial charge in [-0.25, -0.2) is 0 Å². The summed E-state index contributed by atoms with van der Waals surface area (Å²) in [5.41, 5.74) is 0. The van der Waals surface area contributed by atoms with Gasteiger partial charge in [-0.3, -0.25) is 9.59 Å². The highest BCUT2D eigenvalue weighted by atomic mass is 16.2. The SMILES string of the molecule is CC#CCN1CC(=O)NC(CCC)C1=O. The number of carbonyl (C=O) groups is 2. The van der Waals surface area contributed by atoms with E-state index in [9.17, 15) is 9.59 Å². The lowest BCUT2D eigenvalue weighted by Gasteiger charge is -2.31. The summed E-state index contributed by atoms with van der Waals surface area (Å²) in [5.74, 6) is 5.42. The van der Waals surface area contributed by atoms with Crippen LogP contribution < -0.4 is 5.32 Å². The summed E-state index contributed by atoms with van der Waals surface area (Å²) in [6.45, 7) is 4.19. The second kappa shape index (κ2) is 5.40. The number of carbonyl (C=O) groups excluding carboxylic acids is 2. The molecule has 0 aromatic heterocycles. The van der Waals surface area contributed by atoms with E-state index in [1.165, 1.54) is 4.90 Å². The normalized spacial score (nSPS) is 20.7. The molecule has 1 heterocycles. The zero-order valence-electron chi connectivity index (χ0n) is 9.17. The van der Waals surface area contributed by atoms with Crippen LogP contribution in [0.4, 0.5) is 0 Å². The van der Waals surface area contributed by atoms with Crippen LogP contribution in [-0.4, -0.2) is 35.8 Å². The van der Waals surface area contributed by atoms with Crippen molar-refractivity contribution in [3.05, 3.63) is 0 Å². The van der Waals surface area contributed by atoms with Gasteiger partial charge in [0.15, 0.2) is 0 Å². The van der Waals surface area contributed by atoms with E-state index in [-0.39, 0.29) is 24.4 Å². The minimum Gasteiger partial charge on any atom is -0.343 e. The molecule has 0 saturated carbocycles. The van der Waals surface area contributed by atoms with Gasteiger partial charge in [0, 0.05) is 0 Å². The second-order valence-electron chi connectivity index (χ2n) is 3.53. The van der Waals surface area contributed by atoms with Gasteiger partial charge in [-0.2, -0.15) is 0 Å². The van der Waals surface area contributed by atoms with Crippen LogP contribution in [0.2, 0.25) is 0 Å². The molecule has 4 nitrogen and oxygen atoms in total. The molecule has 2 amide bonds. The smallest absolute Gasteiger partial charge is 0.246 e. The second-order valence-corrected chi connectivity index (χ2v) is 3.53. The molecule has 82 valence electrons. The molecular formula is C11H16N2O2. The molecule has 1 atom stereocenters. The lowest BCUT2D eigenvalue weighted by molar-refractivity contribution is -0.143. The maximum atomic E-state index is 11.8. The maximum absolute atomic E-state index is 11.8. The van der Waals surface area contributed by atoms with Crippen molar-refractivity contribution in [2.45, 2.75) is 32.7 Å². The molecule has 15 heavy (non-hydrogen) atoms. The summed E-state index contributed by atoms with van der Waals surface area (Å²) < 4.78 is 0. The van der Waals surface area contributed by atoms with Crippen LogP contribution in [0.25, 0.3) is 0 Å². The molecule has 0 aromatic carbocycles. The monoisotopic (exact) mass is 208 g/mol. The Morgan fingerprint density at radius 1 is 1.53 bits per heavy atom. The van der Waals surface area contributed by atoms with Gasteiger partial charge in [-0.05, 0) is 13.3 Å². The van der Waals surface area contributed by atoms with E-state index in [1.54, 1.807) is 6.92 Å². The number of hydrogen-bond donors (Lipinski definition) is 1. The van der Waals surface area contributed by atoms with E-state index >= 15 is 0 Å². The van der Waals surface area contributed by atoms with Crippen LogP contribution in [0.5, 0.6) is 0 Å². The van der Waals surface area contributed by atoms with Crippen molar-refractivity contribution in [2.24, 2.45) is 0 Å². The quantitative estimate of drug-likeness (QED) is 0.670. The molecule has 1 aliphatic rings. The standard InChI is InChI=1S/C11H16N2O2/c1-3-5-7-13-8-10(14)12-9(6-4-2)11(13)15/h9H,4,6-8H2,1-2H3,(H,12,14). The van der Waals surface area contributed by atoms with Gasteiger partial charge in [-0.1, -0.05) is 19.3 Å². The predicted octanol–water partition coefficient (Wildman–Crippen LogP) is 0.137. The fourth-order valence-electron chi connectivity index (χ4n) is 1.57. The zero-order valence-corrected chi connectivity index (χ0v) is 9.17. The maximum Gasteiger partial charge on any atom is 0.246 e. The third kappa shape index (κ3) is 2.98. The van der Waals surface area contributed by atoms with Gasteiger partial charge in [0.25, 0.3) is 0 Å². The fraction of sp³-hybridized carbons (Fsp3) is 0.636. The van der Waals surface area contributed by atoms with Gasteiger partial charge in [-0.15, -0.1) is 5.92 Å². The molecule has 0 spiro atoms. The molecule has 1 saturated heterocycles. The molecule has 1 aliphatic heterocycles. The van der Waals surface area contributed by atoms with Crippen LogP contribution in [0, 0.1) is 11.8 Å². The molecule has 1 fully saturated rings. The van der Waals surface area contributed by atoms with Gasteiger partial charge in [0.2, 0.25) is 11.8 Å². The van der Waals surface area contributed by atoms with Crippen LogP contribution in [0.15, 0.2) is 0 Å². The number of rotatable bonds is 3. The molecule has 0 aromatic rings. The molecule has 0 aliphatic carbocycles. The van der Waals surface area contributed by atoms with Crippen molar-refractivity contribution in [2.75, 3.05) is 13.1 Å². The topological polar surface area (TPSA) is 49.4 Å².